The van der Waals surface area contributed by atoms with Gasteiger partial charge in [-0.2, -0.15) is 0 Å². The number of carbonyl (C=O) groups excluding carboxylic acids is 1. The highest BCUT2D eigenvalue weighted by atomic mass is 79.9. The molecule has 24 heavy (non-hydrogen) atoms. The van der Waals surface area contributed by atoms with Crippen LogP contribution in [0.4, 0.5) is 0 Å². The van der Waals surface area contributed by atoms with Gasteiger partial charge in [-0.1, -0.05) is 18.2 Å². The van der Waals surface area contributed by atoms with Crippen LogP contribution in [0.25, 0.3) is 6.08 Å². The molecule has 0 aliphatic carbocycles. The molecule has 2 aromatic rings. The third-order valence-corrected chi connectivity index (χ3v) is 3.94. The van der Waals surface area contributed by atoms with Crippen molar-refractivity contribution >= 4 is 27.8 Å². The van der Waals surface area contributed by atoms with E-state index in [1.807, 2.05) is 24.3 Å². The number of hydrogen-bond donors (Lipinski definition) is 0. The average molecular weight is 391 g/mol. The average Bonchev–Trinajstić information content (AvgIpc) is 2.60. The van der Waals surface area contributed by atoms with Crippen molar-refractivity contribution in [1.82, 2.24) is 0 Å². The number of benzene rings is 2. The summed E-state index contributed by atoms with van der Waals surface area (Å²) in [5, 5.41) is 0. The van der Waals surface area contributed by atoms with Gasteiger partial charge in [-0.3, -0.25) is 4.79 Å². The summed E-state index contributed by atoms with van der Waals surface area (Å²) >= 11 is 3.40. The minimum atomic E-state index is -0.0877. The Labute approximate surface area is 150 Å². The Morgan fingerprint density at radius 2 is 1.92 bits per heavy atom. The first-order valence-electron chi connectivity index (χ1n) is 7.42. The highest BCUT2D eigenvalue weighted by molar-refractivity contribution is 9.10. The van der Waals surface area contributed by atoms with E-state index in [4.69, 9.17) is 14.2 Å². The lowest BCUT2D eigenvalue weighted by molar-refractivity contribution is 0.104. The molecule has 0 aromatic heterocycles. The van der Waals surface area contributed by atoms with Crippen molar-refractivity contribution in [3.05, 3.63) is 64.1 Å². The minimum Gasteiger partial charge on any atom is -0.497 e. The van der Waals surface area contributed by atoms with Crippen LogP contribution in [0.15, 0.2) is 53.0 Å². The first-order chi connectivity index (χ1) is 11.6. The van der Waals surface area contributed by atoms with E-state index in [-0.39, 0.29) is 5.78 Å². The number of halogens is 1. The molecule has 0 unspecified atom stereocenters. The molecule has 0 aliphatic rings. The lowest BCUT2D eigenvalue weighted by atomic mass is 10.1. The van der Waals surface area contributed by atoms with Crippen LogP contribution >= 0.6 is 15.9 Å². The Balaban J connectivity index is 2.07. The quantitative estimate of drug-likeness (QED) is 0.381. The van der Waals surface area contributed by atoms with E-state index in [1.54, 1.807) is 44.6 Å². The fraction of sp³-hybridized carbons (Fsp3) is 0.211. The molecule has 0 fully saturated rings. The number of ether oxygens (including phenoxy) is 3. The molecule has 2 aromatic carbocycles. The third-order valence-electron chi connectivity index (χ3n) is 3.28. The maximum absolute atomic E-state index is 12.3. The number of carbonyl (C=O) groups is 1. The summed E-state index contributed by atoms with van der Waals surface area (Å²) < 4.78 is 16.3. The highest BCUT2D eigenvalue weighted by Crippen LogP contribution is 2.24. The summed E-state index contributed by atoms with van der Waals surface area (Å²) in [6, 6.07) is 12.8. The SMILES string of the molecule is COCCOc1cccc(C=CC(=O)c2ccc(OC)cc2Br)c1. The molecule has 0 N–H and O–H groups in total. The first-order valence-corrected chi connectivity index (χ1v) is 8.21. The van der Waals surface area contributed by atoms with Crippen LogP contribution in [-0.2, 0) is 4.74 Å². The van der Waals surface area contributed by atoms with Gasteiger partial charge in [0.05, 0.1) is 13.7 Å². The largest absolute Gasteiger partial charge is 0.497 e. The zero-order valence-electron chi connectivity index (χ0n) is 13.6. The van der Waals surface area contributed by atoms with Crippen molar-refractivity contribution < 1.29 is 19.0 Å². The second-order valence-corrected chi connectivity index (χ2v) is 5.81. The van der Waals surface area contributed by atoms with Gasteiger partial charge in [0.15, 0.2) is 5.78 Å². The maximum atomic E-state index is 12.3. The highest BCUT2D eigenvalue weighted by Gasteiger charge is 2.08. The normalized spacial score (nSPS) is 10.8. The molecule has 2 rings (SSSR count). The molecule has 0 amide bonds. The summed E-state index contributed by atoms with van der Waals surface area (Å²) in [5.74, 6) is 1.35. The van der Waals surface area contributed by atoms with Gasteiger partial charge < -0.3 is 14.2 Å². The molecule has 0 aliphatic heterocycles. The van der Waals surface area contributed by atoms with E-state index in [2.05, 4.69) is 15.9 Å². The number of ketones is 1. The monoisotopic (exact) mass is 390 g/mol. The number of allylic oxidation sites excluding steroid dienone is 1. The zero-order chi connectivity index (χ0) is 17.4. The molecule has 0 radical (unpaired) electrons. The van der Waals surface area contributed by atoms with Gasteiger partial charge >= 0.3 is 0 Å². The predicted molar refractivity (Wildman–Crippen MR) is 97.9 cm³/mol. The summed E-state index contributed by atoms with van der Waals surface area (Å²) in [6.07, 6.45) is 3.31. The van der Waals surface area contributed by atoms with Crippen molar-refractivity contribution in [3.8, 4) is 11.5 Å². The van der Waals surface area contributed by atoms with E-state index in [0.29, 0.717) is 29.0 Å². The zero-order valence-corrected chi connectivity index (χ0v) is 15.2. The fourth-order valence-corrected chi connectivity index (χ4v) is 2.59. The molecular formula is C19H19BrO4. The van der Waals surface area contributed by atoms with Crippen molar-refractivity contribution in [3.63, 3.8) is 0 Å². The Bertz CT molecular complexity index is 725. The third kappa shape index (κ3) is 5.22. The van der Waals surface area contributed by atoms with Crippen LogP contribution < -0.4 is 9.47 Å². The predicted octanol–water partition coefficient (Wildman–Crippen LogP) is 4.38. The fourth-order valence-electron chi connectivity index (χ4n) is 2.04. The van der Waals surface area contributed by atoms with Crippen molar-refractivity contribution in [2.75, 3.05) is 27.4 Å². The molecule has 0 heterocycles. The van der Waals surface area contributed by atoms with Crippen LogP contribution in [0.5, 0.6) is 11.5 Å². The molecule has 126 valence electrons. The lowest BCUT2D eigenvalue weighted by Gasteiger charge is -2.06. The molecule has 0 bridgehead atoms. The molecule has 0 saturated carbocycles. The van der Waals surface area contributed by atoms with E-state index in [1.165, 1.54) is 0 Å². The Kier molecular flexibility index (Phi) is 7.03. The second kappa shape index (κ2) is 9.25. The van der Waals surface area contributed by atoms with Crippen molar-refractivity contribution in [1.29, 1.82) is 0 Å². The summed E-state index contributed by atoms with van der Waals surface area (Å²) in [5.41, 5.74) is 1.47. The smallest absolute Gasteiger partial charge is 0.186 e. The Hall–Kier alpha value is -2.11. The van der Waals surface area contributed by atoms with Gasteiger partial charge in [0.1, 0.15) is 18.1 Å². The second-order valence-electron chi connectivity index (χ2n) is 4.96. The van der Waals surface area contributed by atoms with E-state index in [9.17, 15) is 4.79 Å². The Morgan fingerprint density at radius 3 is 2.62 bits per heavy atom. The summed E-state index contributed by atoms with van der Waals surface area (Å²) in [6.45, 7) is 1.02. The number of rotatable bonds is 8. The first kappa shape index (κ1) is 18.2. The van der Waals surface area contributed by atoms with Crippen molar-refractivity contribution in [2.45, 2.75) is 0 Å². The molecule has 5 heteroatoms. The van der Waals surface area contributed by atoms with Gasteiger partial charge in [-0.05, 0) is 57.9 Å². The van der Waals surface area contributed by atoms with Gasteiger partial charge in [-0.25, -0.2) is 0 Å². The van der Waals surface area contributed by atoms with Crippen LogP contribution in [0, 0.1) is 0 Å². The number of hydrogen-bond acceptors (Lipinski definition) is 4. The van der Waals surface area contributed by atoms with Crippen molar-refractivity contribution in [2.24, 2.45) is 0 Å². The molecule has 0 saturated heterocycles. The van der Waals surface area contributed by atoms with Crippen LogP contribution in [0.2, 0.25) is 0 Å². The topological polar surface area (TPSA) is 44.8 Å². The van der Waals surface area contributed by atoms with Crippen LogP contribution in [0.3, 0.4) is 0 Å². The van der Waals surface area contributed by atoms with Gasteiger partial charge in [0.2, 0.25) is 0 Å². The standard InChI is InChI=1S/C19H19BrO4/c1-22-10-11-24-16-5-3-4-14(12-16)6-9-19(21)17-8-7-15(23-2)13-18(17)20/h3-9,12-13H,10-11H2,1-2H3. The summed E-state index contributed by atoms with van der Waals surface area (Å²) in [7, 11) is 3.22. The van der Waals surface area contributed by atoms with E-state index >= 15 is 0 Å². The van der Waals surface area contributed by atoms with Crippen LogP contribution in [0.1, 0.15) is 15.9 Å². The molecule has 0 atom stereocenters. The molecular weight excluding hydrogens is 372 g/mol. The number of methoxy groups -OCH3 is 2. The molecule has 0 spiro atoms. The molecule has 4 nitrogen and oxygen atoms in total. The van der Waals surface area contributed by atoms with Gasteiger partial charge in [0.25, 0.3) is 0 Å². The van der Waals surface area contributed by atoms with Gasteiger partial charge in [0, 0.05) is 17.1 Å². The van der Waals surface area contributed by atoms with E-state index < -0.39 is 0 Å². The van der Waals surface area contributed by atoms with E-state index in [0.717, 1.165) is 11.3 Å². The minimum absolute atomic E-state index is 0.0877. The van der Waals surface area contributed by atoms with Gasteiger partial charge in [-0.15, -0.1) is 0 Å². The Morgan fingerprint density at radius 1 is 1.08 bits per heavy atom. The van der Waals surface area contributed by atoms with Crippen LogP contribution in [-0.4, -0.2) is 33.2 Å². The maximum Gasteiger partial charge on any atom is 0.186 e. The lowest BCUT2D eigenvalue weighted by Crippen LogP contribution is -2.04. The summed E-state index contributed by atoms with van der Waals surface area (Å²) in [4.78, 5) is 12.3.